The lowest BCUT2D eigenvalue weighted by molar-refractivity contribution is -0.0342. The van der Waals surface area contributed by atoms with Gasteiger partial charge in [-0.2, -0.15) is 4.98 Å². The van der Waals surface area contributed by atoms with Gasteiger partial charge in [0.15, 0.2) is 0 Å². The third-order valence-electron chi connectivity index (χ3n) is 3.37. The molecule has 2 rings (SSSR count). The minimum Gasteiger partial charge on any atom is -0.383 e. The first kappa shape index (κ1) is 12.0. The Hall–Kier alpha value is -1.46. The van der Waals surface area contributed by atoms with Crippen molar-refractivity contribution in [1.82, 2.24) is 9.55 Å². The first-order valence-electron chi connectivity index (χ1n) is 5.66. The van der Waals surface area contributed by atoms with Crippen LogP contribution < -0.4 is 11.4 Å². The average molecular weight is 243 g/mol. The van der Waals surface area contributed by atoms with Crippen molar-refractivity contribution in [3.05, 3.63) is 22.7 Å². The van der Waals surface area contributed by atoms with Gasteiger partial charge in [-0.1, -0.05) is 13.3 Å². The molecule has 0 amide bonds. The van der Waals surface area contributed by atoms with E-state index >= 15 is 0 Å². The number of alkyl halides is 2. The smallest absolute Gasteiger partial charge is 0.349 e. The van der Waals surface area contributed by atoms with E-state index in [4.69, 9.17) is 5.73 Å². The average Bonchev–Trinajstić information content (AvgIpc) is 2.54. The Balaban J connectivity index is 2.37. The minimum absolute atomic E-state index is 0.0422. The Bertz CT molecular complexity index is 472. The van der Waals surface area contributed by atoms with Gasteiger partial charge in [-0.15, -0.1) is 0 Å². The van der Waals surface area contributed by atoms with Gasteiger partial charge in [0.05, 0.1) is 0 Å². The van der Waals surface area contributed by atoms with E-state index in [9.17, 15) is 13.6 Å². The monoisotopic (exact) mass is 243 g/mol. The highest BCUT2D eigenvalue weighted by Crippen LogP contribution is 2.47. The van der Waals surface area contributed by atoms with Crippen LogP contribution in [0.15, 0.2) is 17.1 Å². The molecule has 2 unspecified atom stereocenters. The second-order valence-corrected chi connectivity index (χ2v) is 4.53. The highest BCUT2D eigenvalue weighted by molar-refractivity contribution is 5.23. The Morgan fingerprint density at radius 2 is 2.35 bits per heavy atom. The molecule has 0 bridgehead atoms. The highest BCUT2D eigenvalue weighted by Gasteiger charge is 2.49. The van der Waals surface area contributed by atoms with Crippen LogP contribution in [0.1, 0.15) is 32.2 Å². The third kappa shape index (κ3) is 2.16. The van der Waals surface area contributed by atoms with Gasteiger partial charge in [0.25, 0.3) is 5.92 Å². The van der Waals surface area contributed by atoms with Crippen LogP contribution in [0.5, 0.6) is 0 Å². The fraction of sp³-hybridized carbons (Fsp3) is 0.636. The zero-order chi connectivity index (χ0) is 12.6. The molecule has 94 valence electrons. The lowest BCUT2D eigenvalue weighted by atomic mass is 10.1. The molecule has 1 fully saturated rings. The fourth-order valence-electron chi connectivity index (χ4n) is 2.38. The molecule has 1 saturated carbocycles. The van der Waals surface area contributed by atoms with Crippen LogP contribution in [0, 0.1) is 5.92 Å². The maximum absolute atomic E-state index is 13.8. The van der Waals surface area contributed by atoms with E-state index in [2.05, 4.69) is 4.98 Å². The van der Waals surface area contributed by atoms with Crippen LogP contribution in [-0.4, -0.2) is 15.5 Å². The molecule has 1 aromatic rings. The van der Waals surface area contributed by atoms with Gasteiger partial charge in [-0.05, 0) is 18.4 Å². The minimum atomic E-state index is -2.84. The summed E-state index contributed by atoms with van der Waals surface area (Å²) in [5.74, 6) is -2.83. The summed E-state index contributed by atoms with van der Waals surface area (Å²) in [7, 11) is 0. The molecule has 0 aliphatic heterocycles. The zero-order valence-electron chi connectivity index (χ0n) is 9.57. The van der Waals surface area contributed by atoms with Crippen molar-refractivity contribution in [3.63, 3.8) is 0 Å². The van der Waals surface area contributed by atoms with Crippen molar-refractivity contribution in [1.29, 1.82) is 0 Å². The topological polar surface area (TPSA) is 60.9 Å². The quantitative estimate of drug-likeness (QED) is 0.861. The molecular weight excluding hydrogens is 228 g/mol. The van der Waals surface area contributed by atoms with E-state index in [1.165, 1.54) is 12.3 Å². The van der Waals surface area contributed by atoms with Crippen molar-refractivity contribution in [2.24, 2.45) is 5.92 Å². The van der Waals surface area contributed by atoms with Gasteiger partial charge < -0.3 is 5.73 Å². The molecule has 4 nitrogen and oxygen atoms in total. The van der Waals surface area contributed by atoms with Crippen LogP contribution in [0.4, 0.5) is 14.6 Å². The van der Waals surface area contributed by atoms with Crippen LogP contribution >= 0.6 is 0 Å². The van der Waals surface area contributed by atoms with E-state index < -0.39 is 17.7 Å². The van der Waals surface area contributed by atoms with Gasteiger partial charge in [-0.3, -0.25) is 4.57 Å². The molecule has 1 aliphatic carbocycles. The van der Waals surface area contributed by atoms with E-state index in [0.717, 1.165) is 4.57 Å². The highest BCUT2D eigenvalue weighted by atomic mass is 19.3. The number of nitrogens with zero attached hydrogens (tertiary/aromatic N) is 2. The maximum Gasteiger partial charge on any atom is 0.349 e. The second kappa shape index (κ2) is 4.09. The number of aromatic nitrogens is 2. The largest absolute Gasteiger partial charge is 0.383 e. The van der Waals surface area contributed by atoms with Crippen molar-refractivity contribution in [3.8, 4) is 0 Å². The van der Waals surface area contributed by atoms with Gasteiger partial charge >= 0.3 is 5.69 Å². The second-order valence-electron chi connectivity index (χ2n) is 4.53. The van der Waals surface area contributed by atoms with E-state index in [-0.39, 0.29) is 18.2 Å². The van der Waals surface area contributed by atoms with Gasteiger partial charge in [0.1, 0.15) is 11.9 Å². The van der Waals surface area contributed by atoms with Crippen molar-refractivity contribution < 1.29 is 8.78 Å². The summed E-state index contributed by atoms with van der Waals surface area (Å²) in [6, 6.07) is 0.282. The van der Waals surface area contributed by atoms with Crippen molar-refractivity contribution in [2.45, 2.75) is 38.2 Å². The Kier molecular flexibility index (Phi) is 2.89. The Labute approximate surface area is 97.5 Å². The lowest BCUT2D eigenvalue weighted by Crippen LogP contribution is -2.34. The number of anilines is 1. The van der Waals surface area contributed by atoms with E-state index in [1.54, 1.807) is 0 Å². The first-order valence-corrected chi connectivity index (χ1v) is 5.66. The summed E-state index contributed by atoms with van der Waals surface area (Å²) in [5, 5.41) is 0. The molecule has 6 heteroatoms. The maximum atomic E-state index is 13.8. The number of rotatable bonds is 2. The number of nitrogens with two attached hydrogens (primary N) is 1. The van der Waals surface area contributed by atoms with E-state index in [1.807, 2.05) is 6.92 Å². The van der Waals surface area contributed by atoms with Crippen molar-refractivity contribution in [2.75, 3.05) is 5.73 Å². The molecule has 1 aliphatic rings. The molecule has 17 heavy (non-hydrogen) atoms. The summed E-state index contributed by atoms with van der Waals surface area (Å²) in [5.41, 5.74) is 4.63. The molecule has 1 aromatic heterocycles. The first-order chi connectivity index (χ1) is 7.94. The van der Waals surface area contributed by atoms with Crippen LogP contribution in [0.3, 0.4) is 0 Å². The normalized spacial score (nSPS) is 27.2. The standard InChI is InChI=1S/C11H15F2N3O/c1-2-7-5-8(11(12,13)6-7)16-4-3-9(14)15-10(16)17/h3-4,7-8H,2,5-6H2,1H3,(H2,14,15,17). The Morgan fingerprint density at radius 3 is 2.88 bits per heavy atom. The molecule has 2 N–H and O–H groups in total. The number of nitrogen functional groups attached to an aromatic ring is 1. The SMILES string of the molecule is CCC1CC(n2ccc(N)nc2=O)C(F)(F)C1. The molecule has 0 aromatic carbocycles. The van der Waals surface area contributed by atoms with Gasteiger partial charge in [0.2, 0.25) is 0 Å². The summed E-state index contributed by atoms with van der Waals surface area (Å²) >= 11 is 0. The van der Waals surface area contributed by atoms with Crippen LogP contribution in [-0.2, 0) is 0 Å². The predicted molar refractivity (Wildman–Crippen MR) is 59.9 cm³/mol. The zero-order valence-corrected chi connectivity index (χ0v) is 9.57. The van der Waals surface area contributed by atoms with E-state index in [0.29, 0.717) is 12.8 Å². The number of hydrogen-bond donors (Lipinski definition) is 1. The molecule has 0 saturated heterocycles. The molecular formula is C11H15F2N3O. The fourth-order valence-corrected chi connectivity index (χ4v) is 2.38. The predicted octanol–water partition coefficient (Wildman–Crippen LogP) is 1.82. The number of halogens is 2. The van der Waals surface area contributed by atoms with Crippen LogP contribution in [0.25, 0.3) is 0 Å². The molecule has 2 atom stereocenters. The summed E-state index contributed by atoms with van der Waals surface area (Å²) in [6.45, 7) is 1.88. The molecule has 0 spiro atoms. The lowest BCUT2D eigenvalue weighted by Gasteiger charge is -2.20. The molecule has 1 heterocycles. The summed E-state index contributed by atoms with van der Waals surface area (Å²) in [6.07, 6.45) is 2.16. The number of hydrogen-bond acceptors (Lipinski definition) is 3. The summed E-state index contributed by atoms with van der Waals surface area (Å²) in [4.78, 5) is 15.0. The van der Waals surface area contributed by atoms with Crippen molar-refractivity contribution >= 4 is 5.82 Å². The summed E-state index contributed by atoms with van der Waals surface area (Å²) < 4.78 is 28.6. The van der Waals surface area contributed by atoms with Crippen LogP contribution in [0.2, 0.25) is 0 Å². The molecule has 0 radical (unpaired) electrons. The van der Waals surface area contributed by atoms with Gasteiger partial charge in [0, 0.05) is 12.6 Å². The Morgan fingerprint density at radius 1 is 1.65 bits per heavy atom. The van der Waals surface area contributed by atoms with Gasteiger partial charge in [-0.25, -0.2) is 13.6 Å². The third-order valence-corrected chi connectivity index (χ3v) is 3.37.